The molecule has 1 heterocycles. The number of nitrogens with one attached hydrogen (secondary N) is 2. The molecule has 1 aliphatic heterocycles. The van der Waals surface area contributed by atoms with Gasteiger partial charge in [0, 0.05) is 19.2 Å². The third-order valence-corrected chi connectivity index (χ3v) is 7.45. The van der Waals surface area contributed by atoms with Crippen molar-refractivity contribution in [2.75, 3.05) is 25.5 Å². The Balaban J connectivity index is 1.73. The summed E-state index contributed by atoms with van der Waals surface area (Å²) in [7, 11) is -2.69. The van der Waals surface area contributed by atoms with E-state index in [1.165, 1.54) is 19.2 Å². The third-order valence-electron chi connectivity index (χ3n) is 5.18. The quantitative estimate of drug-likeness (QED) is 0.744. The number of hydrogen-bond acceptors (Lipinski definition) is 5. The van der Waals surface area contributed by atoms with Crippen molar-refractivity contribution >= 4 is 39.1 Å². The molecule has 1 aromatic rings. The summed E-state index contributed by atoms with van der Waals surface area (Å²) in [5.41, 5.74) is 0.312. The largest absolute Gasteiger partial charge is 0.482 e. The highest BCUT2D eigenvalue weighted by molar-refractivity contribution is 7.89. The normalized spacial score (nSPS) is 22.2. The Labute approximate surface area is 169 Å². The zero-order valence-electron chi connectivity index (χ0n) is 15.8. The van der Waals surface area contributed by atoms with Gasteiger partial charge < -0.3 is 15.4 Å². The maximum absolute atomic E-state index is 12.9. The molecule has 2 amide bonds. The number of fused-ring (bicyclic) bond motifs is 1. The first-order valence-electron chi connectivity index (χ1n) is 9.20. The Kier molecular flexibility index (Phi) is 6.16. The first-order chi connectivity index (χ1) is 13.2. The van der Waals surface area contributed by atoms with Crippen LogP contribution in [0.5, 0.6) is 5.75 Å². The van der Waals surface area contributed by atoms with Gasteiger partial charge in [0.15, 0.2) is 6.61 Å². The van der Waals surface area contributed by atoms with Crippen LogP contribution in [0.15, 0.2) is 17.0 Å². The predicted octanol–water partition coefficient (Wildman–Crippen LogP) is 1.99. The number of rotatable bonds is 5. The average molecular weight is 430 g/mol. The van der Waals surface area contributed by atoms with Crippen LogP contribution in [0.25, 0.3) is 0 Å². The third kappa shape index (κ3) is 4.42. The van der Waals surface area contributed by atoms with Crippen molar-refractivity contribution in [2.24, 2.45) is 5.92 Å². The Bertz CT molecular complexity index is 889. The Morgan fingerprint density at radius 1 is 1.36 bits per heavy atom. The van der Waals surface area contributed by atoms with E-state index >= 15 is 0 Å². The molecule has 0 radical (unpaired) electrons. The summed E-state index contributed by atoms with van der Waals surface area (Å²) in [6.07, 6.45) is 4.18. The number of ether oxygens (including phenoxy) is 1. The lowest BCUT2D eigenvalue weighted by atomic mass is 9.86. The zero-order valence-corrected chi connectivity index (χ0v) is 17.4. The van der Waals surface area contributed by atoms with E-state index in [2.05, 4.69) is 17.6 Å². The minimum atomic E-state index is -4.02. The van der Waals surface area contributed by atoms with Crippen LogP contribution >= 0.6 is 11.6 Å². The highest BCUT2D eigenvalue weighted by Crippen LogP contribution is 2.36. The second kappa shape index (κ2) is 8.26. The molecular formula is C18H24ClN3O5S. The number of carbonyl (C=O) groups excluding carboxylic acids is 2. The highest BCUT2D eigenvalue weighted by Gasteiger charge is 2.30. The van der Waals surface area contributed by atoms with Crippen LogP contribution in [0.4, 0.5) is 5.69 Å². The molecule has 28 heavy (non-hydrogen) atoms. The molecular weight excluding hydrogens is 406 g/mol. The van der Waals surface area contributed by atoms with Gasteiger partial charge >= 0.3 is 0 Å². The van der Waals surface area contributed by atoms with Crippen LogP contribution in [-0.2, 0) is 19.6 Å². The van der Waals surface area contributed by atoms with Crippen molar-refractivity contribution in [1.29, 1.82) is 0 Å². The van der Waals surface area contributed by atoms with Gasteiger partial charge in [-0.2, -0.15) is 4.31 Å². The van der Waals surface area contributed by atoms with E-state index in [4.69, 9.17) is 16.3 Å². The SMILES string of the molecule is C[C@@H]1CCCC[C@H]1NC(=O)CN(C)S(=O)(=O)c1cc2c(cc1Cl)NC(=O)CO2. The molecule has 2 aliphatic rings. The van der Waals surface area contributed by atoms with Gasteiger partial charge in [0.2, 0.25) is 15.9 Å². The smallest absolute Gasteiger partial charge is 0.262 e. The number of anilines is 1. The van der Waals surface area contributed by atoms with Crippen LogP contribution in [-0.4, -0.2) is 50.8 Å². The Hall–Kier alpha value is -1.84. The van der Waals surface area contributed by atoms with E-state index in [9.17, 15) is 18.0 Å². The van der Waals surface area contributed by atoms with Crippen molar-refractivity contribution in [3.63, 3.8) is 0 Å². The Morgan fingerprint density at radius 2 is 2.07 bits per heavy atom. The topological polar surface area (TPSA) is 105 Å². The maximum atomic E-state index is 12.9. The summed E-state index contributed by atoms with van der Waals surface area (Å²) in [5, 5.41) is 5.45. The molecule has 0 spiro atoms. The van der Waals surface area contributed by atoms with Gasteiger partial charge in [-0.1, -0.05) is 31.4 Å². The molecule has 0 saturated heterocycles. The molecule has 0 unspecified atom stereocenters. The summed E-state index contributed by atoms with van der Waals surface area (Å²) < 4.78 is 32.1. The molecule has 0 aromatic heterocycles. The first-order valence-corrected chi connectivity index (χ1v) is 11.0. The van der Waals surface area contributed by atoms with Crippen LogP contribution in [0.1, 0.15) is 32.6 Å². The Morgan fingerprint density at radius 3 is 2.79 bits per heavy atom. The first kappa shape index (κ1) is 20.9. The van der Waals surface area contributed by atoms with Gasteiger partial charge in [0.25, 0.3) is 5.91 Å². The number of hydrogen-bond donors (Lipinski definition) is 2. The number of likely N-dealkylation sites (N-methyl/N-ethyl adjacent to an activating group) is 1. The predicted molar refractivity (Wildman–Crippen MR) is 105 cm³/mol. The summed E-state index contributed by atoms with van der Waals surface area (Å²) in [6.45, 7) is 1.58. The lowest BCUT2D eigenvalue weighted by molar-refractivity contribution is -0.122. The molecule has 2 atom stereocenters. The van der Waals surface area contributed by atoms with Crippen molar-refractivity contribution < 1.29 is 22.7 Å². The van der Waals surface area contributed by atoms with E-state index in [0.717, 1.165) is 30.0 Å². The highest BCUT2D eigenvalue weighted by atomic mass is 35.5. The van der Waals surface area contributed by atoms with Crippen LogP contribution in [0.3, 0.4) is 0 Å². The van der Waals surface area contributed by atoms with Gasteiger partial charge in [-0.15, -0.1) is 0 Å². The fraction of sp³-hybridized carbons (Fsp3) is 0.556. The fourth-order valence-electron chi connectivity index (χ4n) is 3.52. The number of carbonyl (C=O) groups is 2. The van der Waals surface area contributed by atoms with Gasteiger partial charge in [-0.25, -0.2) is 8.42 Å². The standard InChI is InChI=1S/C18H24ClN3O5S/c1-11-5-3-4-6-13(11)20-17(23)9-22(2)28(25,26)16-8-15-14(7-12(16)19)21-18(24)10-27-15/h7-8,11,13H,3-6,9-10H2,1-2H3,(H,20,23)(H,21,24)/t11-,13-/m1/s1. The van der Waals surface area contributed by atoms with Gasteiger partial charge in [0.05, 0.1) is 17.3 Å². The second-order valence-electron chi connectivity index (χ2n) is 7.31. The van der Waals surface area contributed by atoms with Crippen LogP contribution in [0, 0.1) is 5.92 Å². The van der Waals surface area contributed by atoms with E-state index in [0.29, 0.717) is 11.6 Å². The van der Waals surface area contributed by atoms with E-state index < -0.39 is 10.0 Å². The number of sulfonamides is 1. The summed E-state index contributed by atoms with van der Waals surface area (Å²) in [6, 6.07) is 2.67. The molecule has 1 aromatic carbocycles. The van der Waals surface area contributed by atoms with Crippen LogP contribution < -0.4 is 15.4 Å². The molecule has 8 nitrogen and oxygen atoms in total. The minimum Gasteiger partial charge on any atom is -0.482 e. The number of halogens is 1. The molecule has 0 bridgehead atoms. The molecule has 1 saturated carbocycles. The summed E-state index contributed by atoms with van der Waals surface area (Å²) >= 11 is 6.14. The van der Waals surface area contributed by atoms with Crippen molar-refractivity contribution in [1.82, 2.24) is 9.62 Å². The zero-order chi connectivity index (χ0) is 20.5. The van der Waals surface area contributed by atoms with Gasteiger partial charge in [-0.3, -0.25) is 9.59 Å². The van der Waals surface area contributed by atoms with E-state index in [-0.39, 0.29) is 46.7 Å². The van der Waals surface area contributed by atoms with Crippen molar-refractivity contribution in [3.8, 4) is 5.75 Å². The molecule has 154 valence electrons. The lowest BCUT2D eigenvalue weighted by Gasteiger charge is -2.30. The molecule has 2 N–H and O–H groups in total. The van der Waals surface area contributed by atoms with Gasteiger partial charge in [0.1, 0.15) is 10.6 Å². The maximum Gasteiger partial charge on any atom is 0.262 e. The van der Waals surface area contributed by atoms with E-state index in [1.807, 2.05) is 0 Å². The number of amides is 2. The molecule has 1 aliphatic carbocycles. The summed E-state index contributed by atoms with van der Waals surface area (Å²) in [5.74, 6) is -0.0918. The van der Waals surface area contributed by atoms with Crippen molar-refractivity contribution in [2.45, 2.75) is 43.5 Å². The molecule has 10 heteroatoms. The summed E-state index contributed by atoms with van der Waals surface area (Å²) in [4.78, 5) is 23.6. The van der Waals surface area contributed by atoms with Gasteiger partial charge in [-0.05, 0) is 24.8 Å². The van der Waals surface area contributed by atoms with Crippen LogP contribution in [0.2, 0.25) is 5.02 Å². The second-order valence-corrected chi connectivity index (χ2v) is 9.73. The monoisotopic (exact) mass is 429 g/mol. The number of nitrogens with zero attached hydrogens (tertiary/aromatic N) is 1. The fourth-order valence-corrected chi connectivity index (χ4v) is 5.16. The molecule has 3 rings (SSSR count). The van der Waals surface area contributed by atoms with E-state index in [1.54, 1.807) is 0 Å². The lowest BCUT2D eigenvalue weighted by Crippen LogP contribution is -2.46. The molecule has 1 fully saturated rings. The number of benzene rings is 1. The van der Waals surface area contributed by atoms with Crippen molar-refractivity contribution in [3.05, 3.63) is 17.2 Å². The minimum absolute atomic E-state index is 0.0577. The average Bonchev–Trinajstić information content (AvgIpc) is 2.62.